The third-order valence-corrected chi connectivity index (χ3v) is 1.61. The lowest BCUT2D eigenvalue weighted by Crippen LogP contribution is -2.12. The maximum atomic E-state index is 10.7. The Kier molecular flexibility index (Phi) is 2.03. The van der Waals surface area contributed by atoms with Crippen molar-refractivity contribution in [3.8, 4) is 0 Å². The number of dihydropyridines is 1. The maximum absolute atomic E-state index is 10.7. The van der Waals surface area contributed by atoms with E-state index in [1.807, 2.05) is 0 Å². The average molecular weight is 208 g/mol. The van der Waals surface area contributed by atoms with Crippen LogP contribution in [0.2, 0.25) is 0 Å². The van der Waals surface area contributed by atoms with E-state index >= 15 is 0 Å². The summed E-state index contributed by atoms with van der Waals surface area (Å²) in [6, 6.07) is 0. The standard InChI is InChI=1S/C5H3BrClNO/c6-3-1-4(9)5(7)8-2-3/h1-2,5H. The highest BCUT2D eigenvalue weighted by Gasteiger charge is 2.13. The maximum Gasteiger partial charge on any atom is 0.196 e. The monoisotopic (exact) mass is 207 g/mol. The molecule has 0 amide bonds. The number of alkyl halides is 1. The average Bonchev–Trinajstić information content (AvgIpc) is 1.80. The predicted octanol–water partition coefficient (Wildman–Crippen LogP) is 1.48. The first kappa shape index (κ1) is 6.96. The van der Waals surface area contributed by atoms with Gasteiger partial charge in [0.05, 0.1) is 0 Å². The van der Waals surface area contributed by atoms with E-state index in [0.717, 1.165) is 0 Å². The molecule has 0 saturated heterocycles. The molecule has 4 heteroatoms. The first-order valence-corrected chi connectivity index (χ1v) is 3.51. The largest absolute Gasteiger partial charge is 0.291 e. The number of aliphatic imine (C=N–C) groups is 1. The number of ketones is 1. The zero-order chi connectivity index (χ0) is 6.85. The molecule has 1 rings (SSSR count). The summed E-state index contributed by atoms with van der Waals surface area (Å²) in [7, 11) is 0. The van der Waals surface area contributed by atoms with Gasteiger partial charge in [0.25, 0.3) is 0 Å². The molecule has 0 aromatic heterocycles. The number of nitrogens with zero attached hydrogens (tertiary/aromatic N) is 1. The highest BCUT2D eigenvalue weighted by atomic mass is 79.9. The topological polar surface area (TPSA) is 29.4 Å². The van der Waals surface area contributed by atoms with Crippen molar-refractivity contribution in [2.24, 2.45) is 4.99 Å². The van der Waals surface area contributed by atoms with Crippen LogP contribution in [-0.4, -0.2) is 17.5 Å². The number of rotatable bonds is 0. The van der Waals surface area contributed by atoms with Gasteiger partial charge in [-0.15, -0.1) is 0 Å². The van der Waals surface area contributed by atoms with Crippen LogP contribution in [0.25, 0.3) is 0 Å². The van der Waals surface area contributed by atoms with Crippen LogP contribution < -0.4 is 0 Å². The zero-order valence-electron chi connectivity index (χ0n) is 4.34. The van der Waals surface area contributed by atoms with E-state index in [4.69, 9.17) is 11.6 Å². The minimum atomic E-state index is -0.716. The number of carbonyl (C=O) groups is 1. The van der Waals surface area contributed by atoms with Crippen molar-refractivity contribution in [3.05, 3.63) is 10.6 Å². The van der Waals surface area contributed by atoms with Crippen molar-refractivity contribution in [3.63, 3.8) is 0 Å². The first-order valence-electron chi connectivity index (χ1n) is 2.28. The van der Waals surface area contributed by atoms with Crippen molar-refractivity contribution < 1.29 is 4.79 Å². The first-order chi connectivity index (χ1) is 4.20. The van der Waals surface area contributed by atoms with E-state index in [2.05, 4.69) is 20.9 Å². The Bertz CT molecular complexity index is 199. The van der Waals surface area contributed by atoms with Gasteiger partial charge in [0.15, 0.2) is 11.3 Å². The minimum absolute atomic E-state index is 0.175. The fourth-order valence-corrected chi connectivity index (χ4v) is 0.915. The smallest absolute Gasteiger partial charge is 0.196 e. The molecule has 9 heavy (non-hydrogen) atoms. The lowest BCUT2D eigenvalue weighted by Gasteiger charge is -2.02. The van der Waals surface area contributed by atoms with Crippen molar-refractivity contribution in [2.45, 2.75) is 5.50 Å². The number of halogens is 2. The fourth-order valence-electron chi connectivity index (χ4n) is 0.452. The molecule has 0 radical (unpaired) electrons. The second-order valence-electron chi connectivity index (χ2n) is 1.55. The Morgan fingerprint density at radius 2 is 2.44 bits per heavy atom. The van der Waals surface area contributed by atoms with Gasteiger partial charge in [-0.3, -0.25) is 9.79 Å². The molecule has 2 nitrogen and oxygen atoms in total. The van der Waals surface area contributed by atoms with Crippen LogP contribution in [0.4, 0.5) is 0 Å². The summed E-state index contributed by atoms with van der Waals surface area (Å²) in [5.41, 5.74) is -0.716. The van der Waals surface area contributed by atoms with Crippen molar-refractivity contribution in [2.75, 3.05) is 0 Å². The van der Waals surface area contributed by atoms with Gasteiger partial charge < -0.3 is 0 Å². The van der Waals surface area contributed by atoms with Crippen LogP contribution in [-0.2, 0) is 4.79 Å². The molecule has 0 aromatic carbocycles. The third kappa shape index (κ3) is 1.63. The van der Waals surface area contributed by atoms with E-state index in [1.54, 1.807) is 0 Å². The summed E-state index contributed by atoms with van der Waals surface area (Å²) in [5, 5.41) is 0. The second-order valence-corrected chi connectivity index (χ2v) is 2.87. The number of hydrogen-bond donors (Lipinski definition) is 0. The third-order valence-electron chi connectivity index (χ3n) is 0.844. The molecule has 1 aliphatic heterocycles. The Labute approximate surface area is 65.7 Å². The Morgan fingerprint density at radius 1 is 1.78 bits per heavy atom. The van der Waals surface area contributed by atoms with Crippen molar-refractivity contribution in [1.82, 2.24) is 0 Å². The Balaban J connectivity index is 2.82. The van der Waals surface area contributed by atoms with E-state index in [9.17, 15) is 4.79 Å². The van der Waals surface area contributed by atoms with Crippen LogP contribution in [0.3, 0.4) is 0 Å². The SMILES string of the molecule is O=C1C=C(Br)C=NC1Cl. The number of allylic oxidation sites excluding steroid dienone is 1. The molecule has 0 spiro atoms. The molecule has 1 unspecified atom stereocenters. The molecule has 1 atom stereocenters. The summed E-state index contributed by atoms with van der Waals surface area (Å²) in [6.07, 6.45) is 2.92. The number of hydrogen-bond acceptors (Lipinski definition) is 2. The molecule has 0 N–H and O–H groups in total. The summed E-state index contributed by atoms with van der Waals surface area (Å²) in [6.45, 7) is 0. The molecule has 0 aliphatic carbocycles. The van der Waals surface area contributed by atoms with Crippen LogP contribution in [0.15, 0.2) is 15.6 Å². The lowest BCUT2D eigenvalue weighted by atomic mass is 10.3. The van der Waals surface area contributed by atoms with Crippen LogP contribution in [0, 0.1) is 0 Å². The van der Waals surface area contributed by atoms with Gasteiger partial charge >= 0.3 is 0 Å². The molecule has 1 heterocycles. The predicted molar refractivity (Wildman–Crippen MR) is 40.2 cm³/mol. The lowest BCUT2D eigenvalue weighted by molar-refractivity contribution is -0.114. The number of carbonyl (C=O) groups excluding carboxylic acids is 1. The zero-order valence-corrected chi connectivity index (χ0v) is 6.69. The Hall–Kier alpha value is -0.150. The quantitative estimate of drug-likeness (QED) is 0.438. The Morgan fingerprint density at radius 3 is 2.89 bits per heavy atom. The van der Waals surface area contributed by atoms with Gasteiger partial charge in [0, 0.05) is 16.8 Å². The van der Waals surface area contributed by atoms with Crippen LogP contribution >= 0.6 is 27.5 Å². The highest BCUT2D eigenvalue weighted by Crippen LogP contribution is 2.12. The summed E-state index contributed by atoms with van der Waals surface area (Å²) >= 11 is 8.51. The minimum Gasteiger partial charge on any atom is -0.291 e. The van der Waals surface area contributed by atoms with E-state index in [-0.39, 0.29) is 5.78 Å². The summed E-state index contributed by atoms with van der Waals surface area (Å²) in [5.74, 6) is -0.175. The summed E-state index contributed by atoms with van der Waals surface area (Å²) < 4.78 is 0.671. The molecule has 0 fully saturated rings. The molecule has 48 valence electrons. The molecule has 0 saturated carbocycles. The van der Waals surface area contributed by atoms with Gasteiger partial charge in [-0.2, -0.15) is 0 Å². The second kappa shape index (κ2) is 2.62. The van der Waals surface area contributed by atoms with Crippen LogP contribution in [0.5, 0.6) is 0 Å². The van der Waals surface area contributed by atoms with Crippen LogP contribution in [0.1, 0.15) is 0 Å². The van der Waals surface area contributed by atoms with Gasteiger partial charge in [-0.25, -0.2) is 0 Å². The van der Waals surface area contributed by atoms with Crippen molar-refractivity contribution in [1.29, 1.82) is 0 Å². The van der Waals surface area contributed by atoms with Gasteiger partial charge in [-0.05, 0) is 15.9 Å². The van der Waals surface area contributed by atoms with Gasteiger partial charge in [0.1, 0.15) is 0 Å². The van der Waals surface area contributed by atoms with E-state index in [1.165, 1.54) is 12.3 Å². The molecule has 1 aliphatic rings. The van der Waals surface area contributed by atoms with E-state index < -0.39 is 5.50 Å². The van der Waals surface area contributed by atoms with Gasteiger partial charge in [-0.1, -0.05) is 11.6 Å². The van der Waals surface area contributed by atoms with E-state index in [0.29, 0.717) is 4.48 Å². The molecule has 0 bridgehead atoms. The summed E-state index contributed by atoms with van der Waals surface area (Å²) in [4.78, 5) is 14.3. The molecular weight excluding hydrogens is 205 g/mol. The normalized spacial score (nSPS) is 26.2. The fraction of sp³-hybridized carbons (Fsp3) is 0.200. The van der Waals surface area contributed by atoms with Gasteiger partial charge in [0.2, 0.25) is 0 Å². The molecular formula is C5H3BrClNO. The highest BCUT2D eigenvalue weighted by molar-refractivity contribution is 9.12. The molecule has 0 aromatic rings. The van der Waals surface area contributed by atoms with Crippen molar-refractivity contribution >= 4 is 39.5 Å².